The van der Waals surface area contributed by atoms with Crippen LogP contribution in [0.15, 0.2) is 24.3 Å². The van der Waals surface area contributed by atoms with Crippen molar-refractivity contribution in [2.45, 2.75) is 5.92 Å². The highest BCUT2D eigenvalue weighted by Crippen LogP contribution is 2.30. The van der Waals surface area contributed by atoms with Crippen molar-refractivity contribution in [2.75, 3.05) is 13.1 Å². The molecule has 0 aromatic heterocycles. The van der Waals surface area contributed by atoms with Crippen molar-refractivity contribution in [3.63, 3.8) is 0 Å². The van der Waals surface area contributed by atoms with E-state index in [0.29, 0.717) is 18.7 Å². The van der Waals surface area contributed by atoms with Crippen molar-refractivity contribution in [3.05, 3.63) is 35.4 Å². The van der Waals surface area contributed by atoms with E-state index in [-0.39, 0.29) is 18.3 Å². The van der Waals surface area contributed by atoms with Gasteiger partial charge >= 0.3 is 5.97 Å². The van der Waals surface area contributed by atoms with Crippen LogP contribution in [-0.4, -0.2) is 24.2 Å². The molecule has 4 nitrogen and oxygen atoms in total. The van der Waals surface area contributed by atoms with Crippen LogP contribution in [0.25, 0.3) is 0 Å². The van der Waals surface area contributed by atoms with Crippen molar-refractivity contribution in [3.8, 4) is 6.07 Å². The lowest BCUT2D eigenvalue weighted by Crippen LogP contribution is -2.21. The first kappa shape index (κ1) is 13.5. The van der Waals surface area contributed by atoms with Gasteiger partial charge < -0.3 is 10.4 Å². The number of carboxylic acids is 1. The van der Waals surface area contributed by atoms with Crippen LogP contribution in [0.2, 0.25) is 0 Å². The van der Waals surface area contributed by atoms with Crippen LogP contribution in [-0.2, 0) is 4.79 Å². The van der Waals surface area contributed by atoms with Gasteiger partial charge in [0.25, 0.3) is 0 Å². The monoisotopic (exact) mass is 252 g/mol. The molecule has 90 valence electrons. The maximum Gasteiger partial charge on any atom is 0.308 e. The van der Waals surface area contributed by atoms with Crippen LogP contribution >= 0.6 is 12.4 Å². The highest BCUT2D eigenvalue weighted by molar-refractivity contribution is 5.85. The van der Waals surface area contributed by atoms with Crippen LogP contribution in [0.4, 0.5) is 0 Å². The minimum atomic E-state index is -0.803. The van der Waals surface area contributed by atoms with Gasteiger partial charge in [-0.25, -0.2) is 0 Å². The molecule has 0 radical (unpaired) electrons. The third-order valence-corrected chi connectivity index (χ3v) is 3.01. The minimum absolute atomic E-state index is 0. The van der Waals surface area contributed by atoms with Crippen LogP contribution in [0.5, 0.6) is 0 Å². The Bertz CT molecular complexity index is 456. The molecule has 1 aromatic carbocycles. The third kappa shape index (κ3) is 2.57. The summed E-state index contributed by atoms with van der Waals surface area (Å²) in [4.78, 5) is 11.1. The molecule has 0 saturated carbocycles. The van der Waals surface area contributed by atoms with Gasteiger partial charge in [-0.3, -0.25) is 4.79 Å². The number of benzene rings is 1. The lowest BCUT2D eigenvalue weighted by Gasteiger charge is -2.15. The molecule has 0 spiro atoms. The van der Waals surface area contributed by atoms with E-state index in [0.717, 1.165) is 5.56 Å². The zero-order chi connectivity index (χ0) is 11.5. The quantitative estimate of drug-likeness (QED) is 0.834. The summed E-state index contributed by atoms with van der Waals surface area (Å²) < 4.78 is 0. The Kier molecular flexibility index (Phi) is 4.50. The molecular formula is C12H13ClN2O2. The number of rotatable bonds is 2. The molecular weight excluding hydrogens is 240 g/mol. The van der Waals surface area contributed by atoms with Crippen molar-refractivity contribution in [1.82, 2.24) is 5.32 Å². The van der Waals surface area contributed by atoms with E-state index in [9.17, 15) is 4.79 Å². The molecule has 1 saturated heterocycles. The number of aliphatic carboxylic acids is 1. The first-order valence-electron chi connectivity index (χ1n) is 5.16. The minimum Gasteiger partial charge on any atom is -0.481 e. The predicted molar refractivity (Wildman–Crippen MR) is 65.1 cm³/mol. The summed E-state index contributed by atoms with van der Waals surface area (Å²) in [6.07, 6.45) is 0. The predicted octanol–water partition coefficient (Wildman–Crippen LogP) is 1.37. The summed E-state index contributed by atoms with van der Waals surface area (Å²) in [5.41, 5.74) is 1.41. The number of nitriles is 1. The number of carboxylic acid groups (broad SMARTS) is 1. The van der Waals surface area contributed by atoms with E-state index in [1.54, 1.807) is 12.1 Å². The second-order valence-corrected chi connectivity index (χ2v) is 3.91. The van der Waals surface area contributed by atoms with E-state index in [1.165, 1.54) is 0 Å². The Morgan fingerprint density at radius 2 is 2.12 bits per heavy atom. The Labute approximate surface area is 106 Å². The van der Waals surface area contributed by atoms with E-state index in [2.05, 4.69) is 11.4 Å². The van der Waals surface area contributed by atoms with Crippen molar-refractivity contribution < 1.29 is 9.90 Å². The first-order valence-corrected chi connectivity index (χ1v) is 5.16. The summed E-state index contributed by atoms with van der Waals surface area (Å²) in [7, 11) is 0. The average Bonchev–Trinajstić information content (AvgIpc) is 2.77. The fraction of sp³-hybridized carbons (Fsp3) is 0.333. The van der Waals surface area contributed by atoms with Gasteiger partial charge in [0.05, 0.1) is 17.6 Å². The first-order chi connectivity index (χ1) is 7.74. The third-order valence-electron chi connectivity index (χ3n) is 3.01. The summed E-state index contributed by atoms with van der Waals surface area (Å²) >= 11 is 0. The van der Waals surface area contributed by atoms with Gasteiger partial charge in [0.2, 0.25) is 0 Å². The lowest BCUT2D eigenvalue weighted by atomic mass is 9.86. The molecule has 1 heterocycles. The largest absolute Gasteiger partial charge is 0.481 e. The molecule has 2 N–H and O–H groups in total. The van der Waals surface area contributed by atoms with Gasteiger partial charge in [0.1, 0.15) is 0 Å². The molecule has 1 aliphatic heterocycles. The highest BCUT2D eigenvalue weighted by Gasteiger charge is 2.34. The van der Waals surface area contributed by atoms with Gasteiger partial charge in [0.15, 0.2) is 0 Å². The molecule has 5 heteroatoms. The Morgan fingerprint density at radius 3 is 2.76 bits per heavy atom. The highest BCUT2D eigenvalue weighted by atomic mass is 35.5. The van der Waals surface area contributed by atoms with Gasteiger partial charge in [0, 0.05) is 19.0 Å². The standard InChI is InChI=1S/C12H12N2O2.ClH/c13-5-8-3-1-2-4-9(8)10-6-14-7-11(10)12(15)16;/h1-4,10-11,14H,6-7H2,(H,15,16);1H/t10-,11+;/m0./s1. The van der Waals surface area contributed by atoms with E-state index in [4.69, 9.17) is 10.4 Å². The number of nitrogens with zero attached hydrogens (tertiary/aromatic N) is 1. The molecule has 0 unspecified atom stereocenters. The molecule has 2 rings (SSSR count). The number of halogens is 1. The zero-order valence-electron chi connectivity index (χ0n) is 9.09. The Hall–Kier alpha value is -1.57. The molecule has 0 bridgehead atoms. The van der Waals surface area contributed by atoms with Crippen LogP contribution < -0.4 is 5.32 Å². The van der Waals surface area contributed by atoms with Gasteiger partial charge in [-0.1, -0.05) is 18.2 Å². The van der Waals surface area contributed by atoms with Gasteiger partial charge in [-0.2, -0.15) is 5.26 Å². The molecule has 1 aliphatic rings. The number of nitrogens with one attached hydrogen (secondary N) is 1. The van der Waals surface area contributed by atoms with E-state index >= 15 is 0 Å². The summed E-state index contributed by atoms with van der Waals surface area (Å²) in [6, 6.07) is 9.31. The second-order valence-electron chi connectivity index (χ2n) is 3.91. The summed E-state index contributed by atoms with van der Waals surface area (Å²) in [5, 5.41) is 21.1. The van der Waals surface area contributed by atoms with Crippen molar-refractivity contribution in [1.29, 1.82) is 5.26 Å². The number of carbonyl (C=O) groups is 1. The average molecular weight is 253 g/mol. The number of hydrogen-bond donors (Lipinski definition) is 2. The summed E-state index contributed by atoms with van der Waals surface area (Å²) in [6.45, 7) is 1.09. The zero-order valence-corrected chi connectivity index (χ0v) is 9.91. The van der Waals surface area contributed by atoms with Crippen LogP contribution in [0.1, 0.15) is 17.0 Å². The smallest absolute Gasteiger partial charge is 0.308 e. The number of hydrogen-bond acceptors (Lipinski definition) is 3. The van der Waals surface area contributed by atoms with Gasteiger partial charge in [-0.05, 0) is 11.6 Å². The Balaban J connectivity index is 0.00000144. The second kappa shape index (κ2) is 5.67. The fourth-order valence-electron chi connectivity index (χ4n) is 2.19. The normalized spacial score (nSPS) is 22.5. The van der Waals surface area contributed by atoms with E-state index in [1.807, 2.05) is 12.1 Å². The summed E-state index contributed by atoms with van der Waals surface area (Å²) in [5.74, 6) is -1.34. The Morgan fingerprint density at radius 1 is 1.41 bits per heavy atom. The molecule has 0 amide bonds. The van der Waals surface area contributed by atoms with Gasteiger partial charge in [-0.15, -0.1) is 12.4 Å². The molecule has 1 fully saturated rings. The lowest BCUT2D eigenvalue weighted by molar-refractivity contribution is -0.141. The molecule has 2 atom stereocenters. The van der Waals surface area contributed by atoms with E-state index < -0.39 is 11.9 Å². The molecule has 17 heavy (non-hydrogen) atoms. The van der Waals surface area contributed by atoms with Crippen LogP contribution in [0.3, 0.4) is 0 Å². The maximum atomic E-state index is 11.1. The van der Waals surface area contributed by atoms with Crippen molar-refractivity contribution in [2.24, 2.45) is 5.92 Å². The fourth-order valence-corrected chi connectivity index (χ4v) is 2.19. The van der Waals surface area contributed by atoms with Crippen LogP contribution in [0, 0.1) is 17.2 Å². The molecule has 0 aliphatic carbocycles. The topological polar surface area (TPSA) is 73.1 Å². The SMILES string of the molecule is Cl.N#Cc1ccccc1[C@@H]1CNC[C@H]1C(=O)O. The molecule has 1 aromatic rings. The van der Waals surface area contributed by atoms with Crippen molar-refractivity contribution >= 4 is 18.4 Å². The maximum absolute atomic E-state index is 11.1.